The Labute approximate surface area is 149 Å². The van der Waals surface area contributed by atoms with Crippen LogP contribution in [0.5, 0.6) is 0 Å². The molecule has 1 N–H and O–H groups in total. The summed E-state index contributed by atoms with van der Waals surface area (Å²) in [4.78, 5) is 18.2. The zero-order chi connectivity index (χ0) is 18.1. The van der Waals surface area contributed by atoms with Crippen molar-refractivity contribution in [2.24, 2.45) is 0 Å². The summed E-state index contributed by atoms with van der Waals surface area (Å²) < 4.78 is 14.9. The molecule has 9 heteroatoms. The molecule has 4 rings (SSSR count). The van der Waals surface area contributed by atoms with E-state index in [2.05, 4.69) is 25.6 Å². The van der Waals surface area contributed by atoms with Crippen molar-refractivity contribution in [2.45, 2.75) is 38.8 Å². The zero-order valence-electron chi connectivity index (χ0n) is 14.3. The lowest BCUT2D eigenvalue weighted by atomic mass is 10.1. The van der Waals surface area contributed by atoms with Gasteiger partial charge in [-0.15, -0.1) is 5.10 Å². The Morgan fingerprint density at radius 3 is 2.88 bits per heavy atom. The lowest BCUT2D eigenvalue weighted by molar-refractivity contribution is 0.0920. The van der Waals surface area contributed by atoms with Crippen molar-refractivity contribution in [2.75, 3.05) is 0 Å². The minimum atomic E-state index is -0.338. The van der Waals surface area contributed by atoms with E-state index in [9.17, 15) is 9.18 Å². The van der Waals surface area contributed by atoms with Crippen molar-refractivity contribution in [3.05, 3.63) is 53.6 Å². The molecule has 0 aliphatic carbocycles. The van der Waals surface area contributed by atoms with Gasteiger partial charge in [-0.2, -0.15) is 15.0 Å². The number of hydrogen-bond donors (Lipinski definition) is 1. The molecular formula is C17H18FN7O. The SMILES string of the molecule is CCc1nc2n(n1)C[C@H](NC(=O)c1cnn(-c3ccc(F)cc3)n1)CC2. The van der Waals surface area contributed by atoms with Gasteiger partial charge in [0.25, 0.3) is 5.91 Å². The van der Waals surface area contributed by atoms with Crippen LogP contribution in [0.2, 0.25) is 0 Å². The monoisotopic (exact) mass is 355 g/mol. The fourth-order valence-corrected chi connectivity index (χ4v) is 2.95. The van der Waals surface area contributed by atoms with Crippen molar-refractivity contribution in [1.82, 2.24) is 35.1 Å². The van der Waals surface area contributed by atoms with Crippen molar-refractivity contribution < 1.29 is 9.18 Å². The molecule has 3 aromatic rings. The molecule has 0 unspecified atom stereocenters. The Morgan fingerprint density at radius 1 is 1.31 bits per heavy atom. The summed E-state index contributed by atoms with van der Waals surface area (Å²) in [5.74, 6) is 1.17. The highest BCUT2D eigenvalue weighted by atomic mass is 19.1. The first kappa shape index (κ1) is 16.4. The number of aryl methyl sites for hydroxylation is 2. The van der Waals surface area contributed by atoms with Crippen LogP contribution in [-0.2, 0) is 19.4 Å². The maximum Gasteiger partial charge on any atom is 0.273 e. The molecule has 3 heterocycles. The summed E-state index contributed by atoms with van der Waals surface area (Å²) in [5.41, 5.74) is 0.801. The van der Waals surface area contributed by atoms with Crippen LogP contribution in [0.25, 0.3) is 5.69 Å². The van der Waals surface area contributed by atoms with E-state index in [0.29, 0.717) is 12.2 Å². The van der Waals surface area contributed by atoms with E-state index in [1.807, 2.05) is 11.6 Å². The number of fused-ring (bicyclic) bond motifs is 1. The number of nitrogens with zero attached hydrogens (tertiary/aromatic N) is 6. The van der Waals surface area contributed by atoms with Gasteiger partial charge in [0.05, 0.1) is 18.4 Å². The van der Waals surface area contributed by atoms with Gasteiger partial charge in [0.15, 0.2) is 11.5 Å². The third-order valence-corrected chi connectivity index (χ3v) is 4.34. The molecule has 0 bridgehead atoms. The molecule has 1 aromatic carbocycles. The topological polar surface area (TPSA) is 90.5 Å². The summed E-state index contributed by atoms with van der Waals surface area (Å²) in [6.45, 7) is 2.62. The molecule has 26 heavy (non-hydrogen) atoms. The number of nitrogens with one attached hydrogen (secondary N) is 1. The third-order valence-electron chi connectivity index (χ3n) is 4.34. The van der Waals surface area contributed by atoms with Gasteiger partial charge in [-0.1, -0.05) is 6.92 Å². The second-order valence-electron chi connectivity index (χ2n) is 6.18. The molecule has 0 spiro atoms. The molecule has 1 aliphatic rings. The van der Waals surface area contributed by atoms with Gasteiger partial charge in [0, 0.05) is 18.9 Å². The summed E-state index contributed by atoms with van der Waals surface area (Å²) in [5, 5.41) is 15.7. The highest BCUT2D eigenvalue weighted by molar-refractivity contribution is 5.92. The van der Waals surface area contributed by atoms with Crippen LogP contribution in [0.15, 0.2) is 30.5 Å². The summed E-state index contributed by atoms with van der Waals surface area (Å²) >= 11 is 0. The van der Waals surface area contributed by atoms with Gasteiger partial charge in [-0.25, -0.2) is 14.1 Å². The molecule has 1 aliphatic heterocycles. The normalized spacial score (nSPS) is 16.3. The maximum absolute atomic E-state index is 13.0. The van der Waals surface area contributed by atoms with Gasteiger partial charge in [0.1, 0.15) is 11.6 Å². The Balaban J connectivity index is 1.43. The standard InChI is InChI=1S/C17H18FN7O/c1-2-15-21-16-8-5-12(10-24(16)23-15)20-17(26)14-9-19-25(22-14)13-6-3-11(18)4-7-13/h3-4,6-7,9,12H,2,5,8,10H2,1H3,(H,20,26)/t12-/m1/s1. The molecule has 0 radical (unpaired) electrons. The Bertz CT molecular complexity index is 931. The van der Waals surface area contributed by atoms with E-state index in [1.54, 1.807) is 12.1 Å². The third kappa shape index (κ3) is 3.19. The molecule has 2 aromatic heterocycles. The first-order valence-corrected chi connectivity index (χ1v) is 8.54. The first-order valence-electron chi connectivity index (χ1n) is 8.54. The van der Waals surface area contributed by atoms with Crippen LogP contribution in [-0.4, -0.2) is 41.7 Å². The predicted octanol–water partition coefficient (Wildman–Crippen LogP) is 1.31. The van der Waals surface area contributed by atoms with Gasteiger partial charge in [0.2, 0.25) is 0 Å². The first-order chi connectivity index (χ1) is 12.6. The average Bonchev–Trinajstić information content (AvgIpc) is 3.29. The average molecular weight is 355 g/mol. The van der Waals surface area contributed by atoms with Crippen LogP contribution >= 0.6 is 0 Å². The fraction of sp³-hybridized carbons (Fsp3) is 0.353. The lowest BCUT2D eigenvalue weighted by Gasteiger charge is -2.23. The number of hydrogen-bond acceptors (Lipinski definition) is 5. The number of aromatic nitrogens is 6. The van der Waals surface area contributed by atoms with Crippen LogP contribution < -0.4 is 5.32 Å². The van der Waals surface area contributed by atoms with Crippen molar-refractivity contribution in [3.8, 4) is 5.69 Å². The van der Waals surface area contributed by atoms with E-state index in [-0.39, 0.29) is 23.5 Å². The summed E-state index contributed by atoms with van der Waals surface area (Å²) in [6, 6.07) is 5.71. The molecule has 1 amide bonds. The molecular weight excluding hydrogens is 337 g/mol. The number of halogens is 1. The van der Waals surface area contributed by atoms with Crippen LogP contribution in [0.1, 0.15) is 35.5 Å². The second-order valence-corrected chi connectivity index (χ2v) is 6.18. The van der Waals surface area contributed by atoms with E-state index >= 15 is 0 Å². The molecule has 0 saturated heterocycles. The van der Waals surface area contributed by atoms with E-state index in [4.69, 9.17) is 0 Å². The minimum Gasteiger partial charge on any atom is -0.346 e. The van der Waals surface area contributed by atoms with Crippen molar-refractivity contribution in [1.29, 1.82) is 0 Å². The van der Waals surface area contributed by atoms with Crippen LogP contribution in [0.3, 0.4) is 0 Å². The number of rotatable bonds is 4. The Hall–Kier alpha value is -3.10. The number of amides is 1. The molecule has 0 fully saturated rings. The van der Waals surface area contributed by atoms with Gasteiger partial charge >= 0.3 is 0 Å². The smallest absolute Gasteiger partial charge is 0.273 e. The second kappa shape index (κ2) is 6.66. The number of carbonyl (C=O) groups is 1. The zero-order valence-corrected chi connectivity index (χ0v) is 14.3. The predicted molar refractivity (Wildman–Crippen MR) is 90.3 cm³/mol. The fourth-order valence-electron chi connectivity index (χ4n) is 2.95. The maximum atomic E-state index is 13.0. The number of benzene rings is 1. The summed E-state index contributed by atoms with van der Waals surface area (Å²) in [7, 11) is 0. The molecule has 1 atom stereocenters. The van der Waals surface area contributed by atoms with E-state index in [0.717, 1.165) is 30.9 Å². The minimum absolute atomic E-state index is 0.0302. The van der Waals surface area contributed by atoms with Gasteiger partial charge in [-0.3, -0.25) is 4.79 Å². The highest BCUT2D eigenvalue weighted by Crippen LogP contribution is 2.14. The Morgan fingerprint density at radius 2 is 2.12 bits per heavy atom. The molecule has 134 valence electrons. The van der Waals surface area contributed by atoms with Crippen molar-refractivity contribution >= 4 is 5.91 Å². The quantitative estimate of drug-likeness (QED) is 0.762. The van der Waals surface area contributed by atoms with E-state index < -0.39 is 0 Å². The number of carbonyl (C=O) groups excluding carboxylic acids is 1. The van der Waals surface area contributed by atoms with Crippen LogP contribution in [0, 0.1) is 5.82 Å². The molecule has 0 saturated carbocycles. The largest absolute Gasteiger partial charge is 0.346 e. The lowest BCUT2D eigenvalue weighted by Crippen LogP contribution is -2.41. The van der Waals surface area contributed by atoms with Crippen LogP contribution in [0.4, 0.5) is 4.39 Å². The summed E-state index contributed by atoms with van der Waals surface area (Å²) in [6.07, 6.45) is 3.78. The Kier molecular flexibility index (Phi) is 4.19. The van der Waals surface area contributed by atoms with Gasteiger partial charge in [-0.05, 0) is 30.7 Å². The van der Waals surface area contributed by atoms with Gasteiger partial charge < -0.3 is 5.32 Å². The molecule has 8 nitrogen and oxygen atoms in total. The van der Waals surface area contributed by atoms with Crippen molar-refractivity contribution in [3.63, 3.8) is 0 Å². The highest BCUT2D eigenvalue weighted by Gasteiger charge is 2.24. The van der Waals surface area contributed by atoms with E-state index in [1.165, 1.54) is 23.1 Å².